The molecule has 0 bridgehead atoms. The number of hydrogen-bond acceptors (Lipinski definition) is 2. The first-order chi connectivity index (χ1) is 6.95. The summed E-state index contributed by atoms with van der Waals surface area (Å²) in [6.07, 6.45) is 1.16. The molecule has 0 aliphatic heterocycles. The van der Waals surface area contributed by atoms with Gasteiger partial charge in [0.15, 0.2) is 0 Å². The second-order valence-corrected chi connectivity index (χ2v) is 6.19. The van der Waals surface area contributed by atoms with Crippen LogP contribution in [0.3, 0.4) is 0 Å². The van der Waals surface area contributed by atoms with E-state index in [9.17, 15) is 8.42 Å². The summed E-state index contributed by atoms with van der Waals surface area (Å²) in [5.74, 6) is 0. The van der Waals surface area contributed by atoms with Gasteiger partial charge in [0, 0.05) is 3.57 Å². The molecule has 84 valence electrons. The average molecular weight is 340 g/mol. The van der Waals surface area contributed by atoms with E-state index in [1.807, 2.05) is 19.1 Å². The molecule has 15 heavy (non-hydrogen) atoms. The lowest BCUT2D eigenvalue weighted by atomic mass is 10.1. The fourth-order valence-corrected chi connectivity index (χ4v) is 2.82. The van der Waals surface area contributed by atoms with Crippen LogP contribution in [0.15, 0.2) is 24.3 Å². The minimum atomic E-state index is -4.00. The Morgan fingerprint density at radius 2 is 1.87 bits per heavy atom. The van der Waals surface area contributed by atoms with Crippen molar-refractivity contribution in [2.24, 2.45) is 0 Å². The van der Waals surface area contributed by atoms with Crippen molar-refractivity contribution in [3.8, 4) is 0 Å². The van der Waals surface area contributed by atoms with Crippen molar-refractivity contribution in [2.75, 3.05) is 0 Å². The van der Waals surface area contributed by atoms with E-state index in [1.165, 1.54) is 0 Å². The highest BCUT2D eigenvalue weighted by Crippen LogP contribution is 2.26. The third-order valence-corrected chi connectivity index (χ3v) is 4.10. The third-order valence-electron chi connectivity index (χ3n) is 2.15. The van der Waals surface area contributed by atoms with Gasteiger partial charge in [-0.3, -0.25) is 4.55 Å². The van der Waals surface area contributed by atoms with Crippen molar-refractivity contribution in [3.05, 3.63) is 33.4 Å². The molecule has 1 N–H and O–H groups in total. The molecule has 0 spiro atoms. The third kappa shape index (κ3) is 3.73. The molecule has 0 heterocycles. The fourth-order valence-electron chi connectivity index (χ4n) is 1.43. The molecule has 0 saturated heterocycles. The van der Waals surface area contributed by atoms with Crippen molar-refractivity contribution in [3.63, 3.8) is 0 Å². The standard InChI is InChI=1S/C10H13IO3S/c1-2-3-10(15(12,13)14)8-4-6-9(11)7-5-8/h4-7,10H,2-3H2,1H3,(H,12,13,14). The summed E-state index contributed by atoms with van der Waals surface area (Å²) < 4.78 is 32.5. The highest BCUT2D eigenvalue weighted by molar-refractivity contribution is 14.1. The smallest absolute Gasteiger partial charge is 0.271 e. The predicted octanol–water partition coefficient (Wildman–Crippen LogP) is 3.02. The van der Waals surface area contributed by atoms with E-state index in [4.69, 9.17) is 4.55 Å². The van der Waals surface area contributed by atoms with Crippen LogP contribution >= 0.6 is 22.6 Å². The van der Waals surface area contributed by atoms with Gasteiger partial charge in [0.25, 0.3) is 10.1 Å². The van der Waals surface area contributed by atoms with Crippen LogP contribution in [0.1, 0.15) is 30.6 Å². The summed E-state index contributed by atoms with van der Waals surface area (Å²) in [7, 11) is -4.00. The van der Waals surface area contributed by atoms with Gasteiger partial charge < -0.3 is 0 Å². The first-order valence-corrected chi connectivity index (χ1v) is 7.25. The molecule has 3 nitrogen and oxygen atoms in total. The Balaban J connectivity index is 3.05. The van der Waals surface area contributed by atoms with Gasteiger partial charge in [-0.25, -0.2) is 0 Å². The van der Waals surface area contributed by atoms with Crippen LogP contribution in [-0.4, -0.2) is 13.0 Å². The minimum absolute atomic E-state index is 0.444. The normalized spacial score (nSPS) is 13.8. The Bertz CT molecular complexity index is 411. The van der Waals surface area contributed by atoms with Crippen LogP contribution in [0.2, 0.25) is 0 Å². The van der Waals surface area contributed by atoms with Gasteiger partial charge in [-0.1, -0.05) is 25.5 Å². The number of hydrogen-bond donors (Lipinski definition) is 1. The van der Waals surface area contributed by atoms with Gasteiger partial charge in [-0.05, 0) is 46.7 Å². The van der Waals surface area contributed by atoms with Gasteiger partial charge in [0.2, 0.25) is 0 Å². The maximum Gasteiger partial charge on any atom is 0.271 e. The lowest BCUT2D eigenvalue weighted by molar-refractivity contribution is 0.463. The summed E-state index contributed by atoms with van der Waals surface area (Å²) in [6.45, 7) is 1.89. The molecule has 1 rings (SSSR count). The molecular weight excluding hydrogens is 327 g/mol. The Morgan fingerprint density at radius 3 is 2.27 bits per heavy atom. The molecule has 0 aliphatic carbocycles. The first-order valence-electron chi connectivity index (χ1n) is 4.67. The van der Waals surface area contributed by atoms with Crippen LogP contribution in [-0.2, 0) is 10.1 Å². The number of halogens is 1. The highest BCUT2D eigenvalue weighted by atomic mass is 127. The maximum absolute atomic E-state index is 11.2. The van der Waals surface area contributed by atoms with E-state index < -0.39 is 15.4 Å². The second kappa shape index (κ2) is 5.27. The predicted molar refractivity (Wildman–Crippen MR) is 68.4 cm³/mol. The summed E-state index contributed by atoms with van der Waals surface area (Å²) in [5, 5.41) is -0.792. The van der Waals surface area contributed by atoms with Crippen molar-refractivity contribution in [1.29, 1.82) is 0 Å². The monoisotopic (exact) mass is 340 g/mol. The van der Waals surface area contributed by atoms with Crippen molar-refractivity contribution in [2.45, 2.75) is 25.0 Å². The summed E-state index contributed by atoms with van der Waals surface area (Å²) >= 11 is 2.15. The van der Waals surface area contributed by atoms with Gasteiger partial charge in [-0.2, -0.15) is 8.42 Å². The van der Waals surface area contributed by atoms with E-state index in [0.717, 1.165) is 9.99 Å². The van der Waals surface area contributed by atoms with Crippen LogP contribution in [0.25, 0.3) is 0 Å². The quantitative estimate of drug-likeness (QED) is 0.677. The van der Waals surface area contributed by atoms with Gasteiger partial charge in [0.1, 0.15) is 5.25 Å². The highest BCUT2D eigenvalue weighted by Gasteiger charge is 2.23. The summed E-state index contributed by atoms with van der Waals surface area (Å²) in [4.78, 5) is 0. The van der Waals surface area contributed by atoms with E-state index >= 15 is 0 Å². The van der Waals surface area contributed by atoms with Crippen molar-refractivity contribution < 1.29 is 13.0 Å². The molecule has 5 heteroatoms. The second-order valence-electron chi connectivity index (χ2n) is 3.34. The molecule has 1 atom stereocenters. The Kier molecular flexibility index (Phi) is 4.54. The molecule has 0 aromatic heterocycles. The molecule has 0 amide bonds. The lowest BCUT2D eigenvalue weighted by Gasteiger charge is -2.13. The zero-order chi connectivity index (χ0) is 11.5. The van der Waals surface area contributed by atoms with Gasteiger partial charge in [-0.15, -0.1) is 0 Å². The minimum Gasteiger partial charge on any atom is -0.285 e. The van der Waals surface area contributed by atoms with Crippen LogP contribution in [0, 0.1) is 3.57 Å². The molecule has 0 fully saturated rings. The number of benzene rings is 1. The SMILES string of the molecule is CCCC(c1ccc(I)cc1)S(=O)(=O)O. The Hall–Kier alpha value is -0.140. The van der Waals surface area contributed by atoms with Crippen LogP contribution < -0.4 is 0 Å². The molecular formula is C10H13IO3S. The molecule has 0 aliphatic rings. The first kappa shape index (κ1) is 12.9. The lowest BCUT2D eigenvalue weighted by Crippen LogP contribution is -2.11. The van der Waals surface area contributed by atoms with Crippen LogP contribution in [0.4, 0.5) is 0 Å². The largest absolute Gasteiger partial charge is 0.285 e. The zero-order valence-corrected chi connectivity index (χ0v) is 11.3. The molecule has 0 radical (unpaired) electrons. The van der Waals surface area contributed by atoms with Crippen LogP contribution in [0.5, 0.6) is 0 Å². The molecule has 0 saturated carbocycles. The van der Waals surface area contributed by atoms with E-state index in [1.54, 1.807) is 12.1 Å². The Morgan fingerprint density at radius 1 is 1.33 bits per heavy atom. The topological polar surface area (TPSA) is 54.4 Å². The van der Waals surface area contributed by atoms with E-state index in [0.29, 0.717) is 12.0 Å². The van der Waals surface area contributed by atoms with Crippen molar-refractivity contribution >= 4 is 32.7 Å². The molecule has 1 aromatic rings. The maximum atomic E-state index is 11.2. The van der Waals surface area contributed by atoms with Gasteiger partial charge >= 0.3 is 0 Å². The van der Waals surface area contributed by atoms with Gasteiger partial charge in [0.05, 0.1) is 0 Å². The van der Waals surface area contributed by atoms with Crippen molar-refractivity contribution in [1.82, 2.24) is 0 Å². The summed E-state index contributed by atoms with van der Waals surface area (Å²) in [5.41, 5.74) is 0.653. The molecule has 1 unspecified atom stereocenters. The Labute approximate surface area is 104 Å². The van der Waals surface area contributed by atoms with E-state index in [-0.39, 0.29) is 0 Å². The zero-order valence-electron chi connectivity index (χ0n) is 8.35. The number of rotatable bonds is 4. The molecule has 1 aromatic carbocycles. The fraction of sp³-hybridized carbons (Fsp3) is 0.400. The average Bonchev–Trinajstić information content (AvgIpc) is 2.14. The summed E-state index contributed by atoms with van der Waals surface area (Å²) in [6, 6.07) is 7.17. The van der Waals surface area contributed by atoms with E-state index in [2.05, 4.69) is 22.6 Å².